The van der Waals surface area contributed by atoms with Crippen LogP contribution in [-0.4, -0.2) is 34.0 Å². The van der Waals surface area contributed by atoms with Crippen molar-refractivity contribution in [2.24, 2.45) is 11.8 Å². The van der Waals surface area contributed by atoms with E-state index in [4.69, 9.17) is 0 Å². The number of fused-ring (bicyclic) bond motifs is 1. The molecule has 0 bridgehead atoms. The second-order valence-corrected chi connectivity index (χ2v) is 4.25. The first kappa shape index (κ1) is 9.80. The van der Waals surface area contributed by atoms with Gasteiger partial charge in [-0.1, -0.05) is 0 Å². The Bertz CT molecular complexity index is 245. The van der Waals surface area contributed by atoms with Crippen molar-refractivity contribution in [1.29, 1.82) is 0 Å². The van der Waals surface area contributed by atoms with Crippen LogP contribution in [0.2, 0.25) is 0 Å². The molecule has 4 atom stereocenters. The van der Waals surface area contributed by atoms with Gasteiger partial charge in [0.05, 0.1) is 12.2 Å². The maximum absolute atomic E-state index is 11.5. The van der Waals surface area contributed by atoms with Crippen molar-refractivity contribution >= 4 is 11.6 Å². The highest BCUT2D eigenvalue weighted by atomic mass is 16.3. The SMILES string of the molecule is O=C1CCC(=O)[C@H]2C[C@H](O)[C@H](O)C[C@H]12. The van der Waals surface area contributed by atoms with E-state index in [-0.39, 0.29) is 36.2 Å². The molecule has 2 rings (SSSR count). The van der Waals surface area contributed by atoms with E-state index in [0.29, 0.717) is 12.8 Å². The van der Waals surface area contributed by atoms with Gasteiger partial charge in [-0.05, 0) is 12.8 Å². The Balaban J connectivity index is 2.18. The van der Waals surface area contributed by atoms with Gasteiger partial charge in [-0.2, -0.15) is 0 Å². The molecule has 0 spiro atoms. The Labute approximate surface area is 81.9 Å². The van der Waals surface area contributed by atoms with Gasteiger partial charge in [0.25, 0.3) is 0 Å². The van der Waals surface area contributed by atoms with Gasteiger partial charge in [0.1, 0.15) is 11.6 Å². The number of aliphatic hydroxyl groups excluding tert-OH is 2. The first-order valence-corrected chi connectivity index (χ1v) is 5.01. The fraction of sp³-hybridized carbons (Fsp3) is 0.800. The lowest BCUT2D eigenvalue weighted by Crippen LogP contribution is -2.47. The Morgan fingerprint density at radius 3 is 1.57 bits per heavy atom. The number of hydrogen-bond acceptors (Lipinski definition) is 4. The van der Waals surface area contributed by atoms with E-state index in [1.807, 2.05) is 0 Å². The van der Waals surface area contributed by atoms with Crippen molar-refractivity contribution in [1.82, 2.24) is 0 Å². The molecular weight excluding hydrogens is 184 g/mol. The molecule has 2 fully saturated rings. The highest BCUT2D eigenvalue weighted by Crippen LogP contribution is 2.36. The molecule has 0 heterocycles. The van der Waals surface area contributed by atoms with Gasteiger partial charge in [-0.15, -0.1) is 0 Å². The van der Waals surface area contributed by atoms with E-state index < -0.39 is 12.2 Å². The number of carbonyl (C=O) groups is 2. The summed E-state index contributed by atoms with van der Waals surface area (Å²) in [6.45, 7) is 0. The standard InChI is InChI=1S/C10H14O4/c11-7-1-2-8(12)6-4-10(14)9(13)3-5(6)7/h5-6,9-10,13-14H,1-4H2/t5-,6-,9-,10+/m0/s1. The van der Waals surface area contributed by atoms with E-state index in [0.717, 1.165) is 0 Å². The van der Waals surface area contributed by atoms with E-state index in [1.165, 1.54) is 0 Å². The van der Waals surface area contributed by atoms with Crippen LogP contribution in [0.4, 0.5) is 0 Å². The molecule has 2 aliphatic rings. The molecule has 0 aromatic rings. The van der Waals surface area contributed by atoms with Crippen molar-refractivity contribution in [2.45, 2.75) is 37.9 Å². The maximum Gasteiger partial charge on any atom is 0.137 e. The molecule has 4 heteroatoms. The Kier molecular flexibility index (Phi) is 2.41. The molecule has 0 aromatic carbocycles. The summed E-state index contributed by atoms with van der Waals surface area (Å²) in [4.78, 5) is 23.0. The summed E-state index contributed by atoms with van der Waals surface area (Å²) in [6.07, 6.45) is -0.574. The fourth-order valence-electron chi connectivity index (χ4n) is 2.49. The monoisotopic (exact) mass is 198 g/mol. The van der Waals surface area contributed by atoms with Gasteiger partial charge in [-0.3, -0.25) is 9.59 Å². The lowest BCUT2D eigenvalue weighted by Gasteiger charge is -2.37. The van der Waals surface area contributed by atoms with Crippen LogP contribution in [0.25, 0.3) is 0 Å². The Morgan fingerprint density at radius 2 is 1.21 bits per heavy atom. The van der Waals surface area contributed by atoms with Gasteiger partial charge in [0.15, 0.2) is 0 Å². The largest absolute Gasteiger partial charge is 0.390 e. The number of Topliss-reactive ketones (excluding diaryl/α,β-unsaturated/α-hetero) is 2. The highest BCUT2D eigenvalue weighted by molar-refractivity contribution is 5.96. The van der Waals surface area contributed by atoms with Crippen LogP contribution >= 0.6 is 0 Å². The molecule has 4 nitrogen and oxygen atoms in total. The Hall–Kier alpha value is -0.740. The average Bonchev–Trinajstić information content (AvgIpc) is 2.15. The van der Waals surface area contributed by atoms with Crippen LogP contribution < -0.4 is 0 Å². The lowest BCUT2D eigenvalue weighted by atomic mass is 9.68. The third-order valence-corrected chi connectivity index (χ3v) is 3.37. The van der Waals surface area contributed by atoms with Crippen LogP contribution in [-0.2, 0) is 9.59 Å². The predicted octanol–water partition coefficient (Wildman–Crippen LogP) is -0.334. The third kappa shape index (κ3) is 1.48. The lowest BCUT2D eigenvalue weighted by molar-refractivity contribution is -0.146. The van der Waals surface area contributed by atoms with E-state index >= 15 is 0 Å². The first-order valence-electron chi connectivity index (χ1n) is 5.01. The van der Waals surface area contributed by atoms with Crippen molar-refractivity contribution in [3.05, 3.63) is 0 Å². The van der Waals surface area contributed by atoms with Crippen molar-refractivity contribution in [3.8, 4) is 0 Å². The molecule has 0 saturated heterocycles. The molecule has 78 valence electrons. The molecule has 0 unspecified atom stereocenters. The summed E-state index contributed by atoms with van der Waals surface area (Å²) in [5.41, 5.74) is 0. The predicted molar refractivity (Wildman–Crippen MR) is 47.5 cm³/mol. The number of hydrogen-bond donors (Lipinski definition) is 2. The number of carbonyl (C=O) groups excluding carboxylic acids is 2. The van der Waals surface area contributed by atoms with Crippen LogP contribution in [0, 0.1) is 11.8 Å². The highest BCUT2D eigenvalue weighted by Gasteiger charge is 2.44. The topological polar surface area (TPSA) is 74.6 Å². The summed E-state index contributed by atoms with van der Waals surface area (Å²) in [5, 5.41) is 18.8. The number of aliphatic hydroxyl groups is 2. The molecule has 2 N–H and O–H groups in total. The smallest absolute Gasteiger partial charge is 0.137 e. The summed E-state index contributed by atoms with van der Waals surface area (Å²) in [6, 6.07) is 0. The summed E-state index contributed by atoms with van der Waals surface area (Å²) >= 11 is 0. The van der Waals surface area contributed by atoms with Crippen LogP contribution in [0.3, 0.4) is 0 Å². The molecule has 0 radical (unpaired) electrons. The molecule has 2 aliphatic carbocycles. The minimum atomic E-state index is -0.842. The van der Waals surface area contributed by atoms with Crippen molar-refractivity contribution in [3.63, 3.8) is 0 Å². The fourth-order valence-corrected chi connectivity index (χ4v) is 2.49. The normalized spacial score (nSPS) is 43.6. The quantitative estimate of drug-likeness (QED) is 0.558. The van der Waals surface area contributed by atoms with E-state index in [9.17, 15) is 19.8 Å². The third-order valence-electron chi connectivity index (χ3n) is 3.37. The average molecular weight is 198 g/mol. The second-order valence-electron chi connectivity index (χ2n) is 4.25. The summed E-state index contributed by atoms with van der Waals surface area (Å²) < 4.78 is 0. The molecule has 0 amide bonds. The van der Waals surface area contributed by atoms with Crippen molar-refractivity contribution in [2.75, 3.05) is 0 Å². The van der Waals surface area contributed by atoms with Gasteiger partial charge in [0.2, 0.25) is 0 Å². The van der Waals surface area contributed by atoms with Crippen molar-refractivity contribution < 1.29 is 19.8 Å². The zero-order chi connectivity index (χ0) is 10.3. The van der Waals surface area contributed by atoms with E-state index in [1.54, 1.807) is 0 Å². The van der Waals surface area contributed by atoms with Gasteiger partial charge in [0, 0.05) is 24.7 Å². The summed E-state index contributed by atoms with van der Waals surface area (Å²) in [7, 11) is 0. The minimum absolute atomic E-state index is 0.0700. The Morgan fingerprint density at radius 1 is 0.857 bits per heavy atom. The number of ketones is 2. The van der Waals surface area contributed by atoms with Crippen LogP contribution in [0.1, 0.15) is 25.7 Å². The molecular formula is C10H14O4. The summed E-state index contributed by atoms with van der Waals surface area (Å²) in [5.74, 6) is -0.537. The molecule has 2 saturated carbocycles. The van der Waals surface area contributed by atoms with Gasteiger partial charge >= 0.3 is 0 Å². The zero-order valence-corrected chi connectivity index (χ0v) is 7.85. The van der Waals surface area contributed by atoms with Gasteiger partial charge < -0.3 is 10.2 Å². The first-order chi connectivity index (χ1) is 6.59. The molecule has 0 aromatic heterocycles. The van der Waals surface area contributed by atoms with Gasteiger partial charge in [-0.25, -0.2) is 0 Å². The van der Waals surface area contributed by atoms with Crippen LogP contribution in [0.15, 0.2) is 0 Å². The van der Waals surface area contributed by atoms with Crippen LogP contribution in [0.5, 0.6) is 0 Å². The maximum atomic E-state index is 11.5. The van der Waals surface area contributed by atoms with E-state index in [2.05, 4.69) is 0 Å². The second kappa shape index (κ2) is 3.44. The minimum Gasteiger partial charge on any atom is -0.390 e. The number of rotatable bonds is 0. The molecule has 14 heavy (non-hydrogen) atoms. The molecule has 0 aliphatic heterocycles. The zero-order valence-electron chi connectivity index (χ0n) is 7.85.